The van der Waals surface area contributed by atoms with E-state index < -0.39 is 0 Å². The van der Waals surface area contributed by atoms with E-state index in [2.05, 4.69) is 23.8 Å². The minimum absolute atomic E-state index is 0.243. The van der Waals surface area contributed by atoms with Crippen LogP contribution in [-0.4, -0.2) is 16.1 Å². The maximum absolute atomic E-state index is 5.78. The molecule has 1 atom stereocenters. The van der Waals surface area contributed by atoms with Gasteiger partial charge < -0.3 is 9.72 Å². The van der Waals surface area contributed by atoms with Crippen molar-refractivity contribution in [3.63, 3.8) is 0 Å². The third-order valence-corrected chi connectivity index (χ3v) is 3.43. The summed E-state index contributed by atoms with van der Waals surface area (Å²) in [5.74, 6) is 1.79. The van der Waals surface area contributed by atoms with Crippen LogP contribution in [0.2, 0.25) is 0 Å². The Balaban J connectivity index is 1.86. The van der Waals surface area contributed by atoms with E-state index in [0.717, 1.165) is 34.6 Å². The molecule has 2 aromatic carbocycles. The molecule has 0 saturated carbocycles. The summed E-state index contributed by atoms with van der Waals surface area (Å²) in [5, 5.41) is 0. The van der Waals surface area contributed by atoms with Crippen LogP contribution in [0, 0.1) is 0 Å². The number of para-hydroxylation sites is 2. The first-order chi connectivity index (χ1) is 9.76. The molecule has 1 aromatic heterocycles. The molecule has 1 unspecified atom stereocenters. The number of aromatic nitrogens is 2. The summed E-state index contributed by atoms with van der Waals surface area (Å²) in [7, 11) is 0. The molecule has 0 fully saturated rings. The Bertz CT molecular complexity index is 667. The van der Waals surface area contributed by atoms with Gasteiger partial charge in [-0.3, -0.25) is 0 Å². The lowest BCUT2D eigenvalue weighted by atomic mass is 10.2. The van der Waals surface area contributed by atoms with Crippen molar-refractivity contribution in [2.75, 3.05) is 0 Å². The maximum atomic E-state index is 5.78. The van der Waals surface area contributed by atoms with E-state index in [4.69, 9.17) is 4.74 Å². The minimum Gasteiger partial charge on any atom is -0.491 e. The number of fused-ring (bicyclic) bond motifs is 1. The van der Waals surface area contributed by atoms with Gasteiger partial charge in [0, 0.05) is 5.56 Å². The van der Waals surface area contributed by atoms with E-state index in [1.54, 1.807) is 0 Å². The van der Waals surface area contributed by atoms with Gasteiger partial charge in [-0.15, -0.1) is 0 Å². The Kier molecular flexibility index (Phi) is 3.42. The summed E-state index contributed by atoms with van der Waals surface area (Å²) in [6.07, 6.45) is 1.25. The summed E-state index contributed by atoms with van der Waals surface area (Å²) in [6, 6.07) is 16.1. The molecule has 20 heavy (non-hydrogen) atoms. The zero-order valence-electron chi connectivity index (χ0n) is 11.8. The number of hydrogen-bond acceptors (Lipinski definition) is 2. The van der Waals surface area contributed by atoms with E-state index in [9.17, 15) is 0 Å². The van der Waals surface area contributed by atoms with Gasteiger partial charge in [0.1, 0.15) is 11.6 Å². The number of nitrogens with one attached hydrogen (secondary N) is 1. The van der Waals surface area contributed by atoms with Crippen LogP contribution in [0.25, 0.3) is 22.4 Å². The molecule has 0 aliphatic carbocycles. The van der Waals surface area contributed by atoms with E-state index in [-0.39, 0.29) is 6.10 Å². The Morgan fingerprint density at radius 1 is 1.10 bits per heavy atom. The van der Waals surface area contributed by atoms with Crippen LogP contribution in [0.4, 0.5) is 0 Å². The van der Waals surface area contributed by atoms with Gasteiger partial charge in [-0.2, -0.15) is 0 Å². The van der Waals surface area contributed by atoms with Gasteiger partial charge in [0.25, 0.3) is 0 Å². The predicted octanol–water partition coefficient (Wildman–Crippen LogP) is 4.41. The number of H-pyrrole nitrogens is 1. The predicted molar refractivity (Wildman–Crippen MR) is 81.9 cm³/mol. The lowest BCUT2D eigenvalue weighted by Gasteiger charge is -2.12. The molecule has 102 valence electrons. The van der Waals surface area contributed by atoms with Crippen molar-refractivity contribution in [3.05, 3.63) is 48.5 Å². The zero-order valence-corrected chi connectivity index (χ0v) is 11.8. The number of ether oxygens (including phenoxy) is 1. The highest BCUT2D eigenvalue weighted by atomic mass is 16.5. The second-order valence-electron chi connectivity index (χ2n) is 4.96. The summed E-state index contributed by atoms with van der Waals surface area (Å²) in [5.41, 5.74) is 3.11. The van der Waals surface area contributed by atoms with E-state index in [1.807, 2.05) is 48.5 Å². The van der Waals surface area contributed by atoms with Crippen LogP contribution >= 0.6 is 0 Å². The molecule has 0 amide bonds. The molecule has 1 heterocycles. The van der Waals surface area contributed by atoms with Gasteiger partial charge in [-0.25, -0.2) is 4.98 Å². The number of hydrogen-bond donors (Lipinski definition) is 1. The fraction of sp³-hybridized carbons (Fsp3) is 0.235. The summed E-state index contributed by atoms with van der Waals surface area (Å²) < 4.78 is 5.78. The molecular formula is C17H18N2O. The van der Waals surface area contributed by atoms with Crippen LogP contribution in [-0.2, 0) is 0 Å². The average molecular weight is 266 g/mol. The number of rotatable bonds is 4. The van der Waals surface area contributed by atoms with Crippen LogP contribution in [0.1, 0.15) is 20.3 Å². The van der Waals surface area contributed by atoms with Crippen molar-refractivity contribution in [2.24, 2.45) is 0 Å². The summed E-state index contributed by atoms with van der Waals surface area (Å²) in [4.78, 5) is 7.92. The normalized spacial score (nSPS) is 12.5. The number of benzene rings is 2. The van der Waals surface area contributed by atoms with Crippen molar-refractivity contribution < 1.29 is 4.74 Å². The largest absolute Gasteiger partial charge is 0.491 e. The molecule has 0 saturated heterocycles. The number of nitrogens with zero attached hydrogens (tertiary/aromatic N) is 1. The van der Waals surface area contributed by atoms with Crippen molar-refractivity contribution in [1.82, 2.24) is 9.97 Å². The highest BCUT2D eigenvalue weighted by Gasteiger charge is 2.06. The Labute approximate surface area is 118 Å². The smallest absolute Gasteiger partial charge is 0.138 e. The van der Waals surface area contributed by atoms with Gasteiger partial charge in [0.2, 0.25) is 0 Å². The van der Waals surface area contributed by atoms with Gasteiger partial charge >= 0.3 is 0 Å². The molecule has 0 aliphatic rings. The third-order valence-electron chi connectivity index (χ3n) is 3.43. The maximum Gasteiger partial charge on any atom is 0.138 e. The van der Waals surface area contributed by atoms with Gasteiger partial charge in [-0.05, 0) is 49.7 Å². The van der Waals surface area contributed by atoms with Crippen LogP contribution in [0.3, 0.4) is 0 Å². The summed E-state index contributed by atoms with van der Waals surface area (Å²) >= 11 is 0. The SMILES string of the molecule is CCC(C)Oc1ccc(-c2nc3ccccc3[nH]2)cc1. The molecule has 0 aliphatic heterocycles. The standard InChI is InChI=1S/C17H18N2O/c1-3-12(2)20-14-10-8-13(9-11-14)17-18-15-6-4-5-7-16(15)19-17/h4-12H,3H2,1-2H3,(H,18,19). The van der Waals surface area contributed by atoms with Crippen LogP contribution in [0.15, 0.2) is 48.5 Å². The van der Waals surface area contributed by atoms with Crippen molar-refractivity contribution in [1.29, 1.82) is 0 Å². The Morgan fingerprint density at radius 3 is 2.55 bits per heavy atom. The highest BCUT2D eigenvalue weighted by molar-refractivity contribution is 5.79. The average Bonchev–Trinajstić information content (AvgIpc) is 2.91. The molecule has 1 N–H and O–H groups in total. The summed E-state index contributed by atoms with van der Waals surface area (Å²) in [6.45, 7) is 4.20. The Morgan fingerprint density at radius 2 is 1.85 bits per heavy atom. The van der Waals surface area contributed by atoms with Gasteiger partial charge in [-0.1, -0.05) is 19.1 Å². The van der Waals surface area contributed by atoms with Crippen molar-refractivity contribution in [3.8, 4) is 17.1 Å². The van der Waals surface area contributed by atoms with Gasteiger partial charge in [0.15, 0.2) is 0 Å². The minimum atomic E-state index is 0.243. The molecule has 3 heteroatoms. The van der Waals surface area contributed by atoms with Crippen LogP contribution < -0.4 is 4.74 Å². The first kappa shape index (κ1) is 12.7. The fourth-order valence-corrected chi connectivity index (χ4v) is 2.10. The lowest BCUT2D eigenvalue weighted by molar-refractivity contribution is 0.217. The molecule has 3 nitrogen and oxygen atoms in total. The second kappa shape index (κ2) is 5.37. The van der Waals surface area contributed by atoms with Gasteiger partial charge in [0.05, 0.1) is 17.1 Å². The van der Waals surface area contributed by atoms with E-state index in [1.165, 1.54) is 0 Å². The molecule has 0 spiro atoms. The molecular weight excluding hydrogens is 248 g/mol. The topological polar surface area (TPSA) is 37.9 Å². The molecule has 3 aromatic rings. The fourth-order valence-electron chi connectivity index (χ4n) is 2.10. The first-order valence-corrected chi connectivity index (χ1v) is 6.98. The highest BCUT2D eigenvalue weighted by Crippen LogP contribution is 2.23. The lowest BCUT2D eigenvalue weighted by Crippen LogP contribution is -2.09. The molecule has 0 radical (unpaired) electrons. The number of aromatic amines is 1. The first-order valence-electron chi connectivity index (χ1n) is 6.98. The third kappa shape index (κ3) is 2.52. The quantitative estimate of drug-likeness (QED) is 0.759. The molecule has 0 bridgehead atoms. The van der Waals surface area contributed by atoms with Crippen molar-refractivity contribution in [2.45, 2.75) is 26.4 Å². The second-order valence-corrected chi connectivity index (χ2v) is 4.96. The van der Waals surface area contributed by atoms with Crippen molar-refractivity contribution >= 4 is 11.0 Å². The Hall–Kier alpha value is -2.29. The van der Waals surface area contributed by atoms with Crippen LogP contribution in [0.5, 0.6) is 5.75 Å². The number of imidazole rings is 1. The van der Waals surface area contributed by atoms with E-state index in [0.29, 0.717) is 0 Å². The van der Waals surface area contributed by atoms with E-state index >= 15 is 0 Å². The monoisotopic (exact) mass is 266 g/mol. The molecule has 3 rings (SSSR count). The zero-order chi connectivity index (χ0) is 13.9.